The summed E-state index contributed by atoms with van der Waals surface area (Å²) in [6, 6.07) is 14.6. The van der Waals surface area contributed by atoms with Gasteiger partial charge in [-0.3, -0.25) is 4.90 Å². The summed E-state index contributed by atoms with van der Waals surface area (Å²) in [5.74, 6) is 4.55. The van der Waals surface area contributed by atoms with Crippen LogP contribution >= 0.6 is 11.8 Å². The molecule has 7 nitrogen and oxygen atoms in total. The van der Waals surface area contributed by atoms with Gasteiger partial charge < -0.3 is 18.8 Å². The zero-order chi connectivity index (χ0) is 21.9. The summed E-state index contributed by atoms with van der Waals surface area (Å²) in [5, 5.41) is 10.0. The summed E-state index contributed by atoms with van der Waals surface area (Å²) in [6.07, 6.45) is 2.28. The van der Waals surface area contributed by atoms with E-state index in [2.05, 4.69) is 63.1 Å². The molecule has 1 saturated heterocycles. The van der Waals surface area contributed by atoms with Gasteiger partial charge in [0.1, 0.15) is 5.82 Å². The fourth-order valence-corrected chi connectivity index (χ4v) is 5.35. The first-order chi connectivity index (χ1) is 15.7. The number of fused-ring (bicyclic) bond motifs is 1. The van der Waals surface area contributed by atoms with Crippen LogP contribution < -0.4 is 14.2 Å². The predicted octanol–water partition coefficient (Wildman–Crippen LogP) is 4.22. The fraction of sp³-hybridized carbons (Fsp3) is 0.417. The van der Waals surface area contributed by atoms with Gasteiger partial charge in [-0.2, -0.15) is 0 Å². The summed E-state index contributed by atoms with van der Waals surface area (Å²) in [5.41, 5.74) is 2.47. The van der Waals surface area contributed by atoms with Gasteiger partial charge in [0.2, 0.25) is 12.5 Å². The molecule has 0 spiro atoms. The number of rotatable bonds is 7. The molecule has 3 aromatic rings. The second kappa shape index (κ2) is 9.42. The molecule has 2 aliphatic heterocycles. The second-order valence-corrected chi connectivity index (χ2v) is 9.22. The van der Waals surface area contributed by atoms with E-state index in [1.165, 1.54) is 11.1 Å². The standard InChI is InChI=1S/C24H28N4O3S/c1-27-23(25-26-24(27)32-15-17-7-4-3-5-8-17)19-9-6-10-28(14-19)13-18-11-20(29-2)22-21(12-18)30-16-31-22/h3-5,7-8,11-12,19H,6,9-10,13-16H2,1-2H3/t19-/m1/s1. The van der Waals surface area contributed by atoms with Crippen molar-refractivity contribution >= 4 is 11.8 Å². The van der Waals surface area contributed by atoms with Crippen molar-refractivity contribution in [3.8, 4) is 17.2 Å². The first-order valence-corrected chi connectivity index (χ1v) is 11.9. The van der Waals surface area contributed by atoms with Crippen molar-refractivity contribution in [2.45, 2.75) is 36.2 Å². The van der Waals surface area contributed by atoms with Crippen LogP contribution in [-0.2, 0) is 19.3 Å². The first-order valence-electron chi connectivity index (χ1n) is 11.0. The average molecular weight is 453 g/mol. The largest absolute Gasteiger partial charge is 0.493 e. The van der Waals surface area contributed by atoms with Crippen molar-refractivity contribution in [3.63, 3.8) is 0 Å². The molecule has 8 heteroatoms. The van der Waals surface area contributed by atoms with Crippen molar-refractivity contribution in [2.24, 2.45) is 7.05 Å². The molecule has 3 heterocycles. The van der Waals surface area contributed by atoms with E-state index in [4.69, 9.17) is 14.2 Å². The summed E-state index contributed by atoms with van der Waals surface area (Å²) >= 11 is 1.74. The fourth-order valence-electron chi connectivity index (χ4n) is 4.47. The maximum atomic E-state index is 5.59. The Morgan fingerprint density at radius 1 is 1.12 bits per heavy atom. The number of nitrogens with zero attached hydrogens (tertiary/aromatic N) is 4. The third-order valence-corrected chi connectivity index (χ3v) is 7.17. The van der Waals surface area contributed by atoms with E-state index in [0.717, 1.165) is 60.7 Å². The lowest BCUT2D eigenvalue weighted by Crippen LogP contribution is -2.34. The van der Waals surface area contributed by atoms with Gasteiger partial charge in [0, 0.05) is 31.8 Å². The lowest BCUT2D eigenvalue weighted by molar-refractivity contribution is 0.171. The third-order valence-electron chi connectivity index (χ3n) is 6.07. The molecule has 0 aliphatic carbocycles. The van der Waals surface area contributed by atoms with E-state index in [1.54, 1.807) is 18.9 Å². The van der Waals surface area contributed by atoms with Crippen molar-refractivity contribution < 1.29 is 14.2 Å². The molecule has 0 radical (unpaired) electrons. The molecule has 0 amide bonds. The van der Waals surface area contributed by atoms with E-state index in [0.29, 0.717) is 11.7 Å². The zero-order valence-corrected chi connectivity index (χ0v) is 19.3. The SMILES string of the molecule is COc1cc(CN2CCC[C@@H](c3nnc(SCc4ccccc4)n3C)C2)cc2c1OCO2. The van der Waals surface area contributed by atoms with E-state index in [-0.39, 0.29) is 6.79 Å². The molecule has 1 atom stereocenters. The predicted molar refractivity (Wildman–Crippen MR) is 123 cm³/mol. The molecular formula is C24H28N4O3S. The summed E-state index contributed by atoms with van der Waals surface area (Å²) in [4.78, 5) is 2.48. The van der Waals surface area contributed by atoms with Crippen LogP contribution in [0.1, 0.15) is 35.7 Å². The molecule has 32 heavy (non-hydrogen) atoms. The highest BCUT2D eigenvalue weighted by molar-refractivity contribution is 7.98. The maximum absolute atomic E-state index is 5.59. The third kappa shape index (κ3) is 4.42. The molecule has 0 bridgehead atoms. The molecule has 168 valence electrons. The van der Waals surface area contributed by atoms with Gasteiger partial charge in [-0.15, -0.1) is 10.2 Å². The van der Waals surface area contributed by atoms with Gasteiger partial charge in [0.15, 0.2) is 16.7 Å². The van der Waals surface area contributed by atoms with Crippen molar-refractivity contribution in [1.29, 1.82) is 0 Å². The Kier molecular flexibility index (Phi) is 6.23. The Labute approximate surface area is 192 Å². The summed E-state index contributed by atoms with van der Waals surface area (Å²) in [6.45, 7) is 3.13. The number of piperidine rings is 1. The van der Waals surface area contributed by atoms with Crippen LogP contribution in [0.3, 0.4) is 0 Å². The lowest BCUT2D eigenvalue weighted by atomic mass is 9.96. The number of thioether (sulfide) groups is 1. The van der Waals surface area contributed by atoms with Gasteiger partial charge in [0.25, 0.3) is 0 Å². The molecule has 5 rings (SSSR count). The molecule has 0 saturated carbocycles. The number of aromatic nitrogens is 3. The van der Waals surface area contributed by atoms with Crippen LogP contribution in [0.4, 0.5) is 0 Å². The minimum atomic E-state index is 0.248. The lowest BCUT2D eigenvalue weighted by Gasteiger charge is -2.32. The van der Waals surface area contributed by atoms with E-state index >= 15 is 0 Å². The van der Waals surface area contributed by atoms with Crippen LogP contribution in [0.15, 0.2) is 47.6 Å². The topological polar surface area (TPSA) is 61.6 Å². The van der Waals surface area contributed by atoms with Crippen LogP contribution in [0.2, 0.25) is 0 Å². The number of likely N-dealkylation sites (tertiary alicyclic amines) is 1. The van der Waals surface area contributed by atoms with E-state index in [9.17, 15) is 0 Å². The van der Waals surface area contributed by atoms with Crippen molar-refractivity contribution in [1.82, 2.24) is 19.7 Å². The van der Waals surface area contributed by atoms with Gasteiger partial charge in [-0.05, 0) is 42.6 Å². The molecule has 1 fully saturated rings. The minimum Gasteiger partial charge on any atom is -0.493 e. The Hall–Kier alpha value is -2.71. The van der Waals surface area contributed by atoms with Crippen LogP contribution in [0.5, 0.6) is 17.2 Å². The van der Waals surface area contributed by atoms with Gasteiger partial charge in [-0.25, -0.2) is 0 Å². The molecule has 2 aromatic carbocycles. The summed E-state index contributed by atoms with van der Waals surface area (Å²) in [7, 11) is 3.75. The number of hydrogen-bond donors (Lipinski definition) is 0. The normalized spacial score (nSPS) is 18.1. The zero-order valence-electron chi connectivity index (χ0n) is 18.5. The van der Waals surface area contributed by atoms with Crippen LogP contribution in [0, 0.1) is 0 Å². The Balaban J connectivity index is 1.25. The highest BCUT2D eigenvalue weighted by Gasteiger charge is 2.27. The molecule has 0 N–H and O–H groups in total. The molecule has 1 aromatic heterocycles. The van der Waals surface area contributed by atoms with Crippen LogP contribution in [0.25, 0.3) is 0 Å². The minimum absolute atomic E-state index is 0.248. The number of ether oxygens (including phenoxy) is 3. The van der Waals surface area contributed by atoms with Crippen molar-refractivity contribution in [2.75, 3.05) is 27.0 Å². The van der Waals surface area contributed by atoms with Gasteiger partial charge in [-0.1, -0.05) is 42.1 Å². The van der Waals surface area contributed by atoms with Gasteiger partial charge >= 0.3 is 0 Å². The average Bonchev–Trinajstić information content (AvgIpc) is 3.44. The maximum Gasteiger partial charge on any atom is 0.231 e. The Bertz CT molecular complexity index is 1070. The second-order valence-electron chi connectivity index (χ2n) is 8.28. The summed E-state index contributed by atoms with van der Waals surface area (Å²) < 4.78 is 18.8. The molecule has 2 aliphatic rings. The first kappa shape index (κ1) is 21.2. The number of benzene rings is 2. The highest BCUT2D eigenvalue weighted by Crippen LogP contribution is 2.42. The van der Waals surface area contributed by atoms with Crippen LogP contribution in [-0.4, -0.2) is 46.7 Å². The Morgan fingerprint density at radius 2 is 2.00 bits per heavy atom. The smallest absolute Gasteiger partial charge is 0.231 e. The van der Waals surface area contributed by atoms with Crippen molar-refractivity contribution in [3.05, 3.63) is 59.4 Å². The molecular weight excluding hydrogens is 424 g/mol. The number of methoxy groups -OCH3 is 1. The monoisotopic (exact) mass is 452 g/mol. The molecule has 0 unspecified atom stereocenters. The number of hydrogen-bond acceptors (Lipinski definition) is 7. The van der Waals surface area contributed by atoms with E-state index in [1.807, 2.05) is 6.07 Å². The van der Waals surface area contributed by atoms with E-state index < -0.39 is 0 Å². The van der Waals surface area contributed by atoms with Gasteiger partial charge in [0.05, 0.1) is 7.11 Å². The quantitative estimate of drug-likeness (QED) is 0.497. The Morgan fingerprint density at radius 3 is 2.84 bits per heavy atom. The highest BCUT2D eigenvalue weighted by atomic mass is 32.2.